The molecule has 1 fully saturated rings. The molecule has 16 heavy (non-hydrogen) atoms. The van der Waals surface area contributed by atoms with Gasteiger partial charge in [-0.3, -0.25) is 0 Å². The van der Waals surface area contributed by atoms with E-state index in [2.05, 4.69) is 14.9 Å². The minimum Gasteiger partial charge on any atom is -0.467 e. The SMILES string of the molecule is COc1nccc(N2CCO[C@@H](CO)C2)n1. The molecule has 6 heteroatoms. The zero-order chi connectivity index (χ0) is 11.4. The molecule has 0 amide bonds. The third-order valence-corrected chi connectivity index (χ3v) is 2.47. The van der Waals surface area contributed by atoms with Crippen molar-refractivity contribution in [3.63, 3.8) is 0 Å². The molecule has 1 atom stereocenters. The van der Waals surface area contributed by atoms with Crippen molar-refractivity contribution in [3.05, 3.63) is 12.3 Å². The second-order valence-electron chi connectivity index (χ2n) is 3.52. The van der Waals surface area contributed by atoms with Crippen molar-refractivity contribution in [1.29, 1.82) is 0 Å². The van der Waals surface area contributed by atoms with Crippen LogP contribution in [0.4, 0.5) is 5.82 Å². The summed E-state index contributed by atoms with van der Waals surface area (Å²) in [7, 11) is 1.54. The van der Waals surface area contributed by atoms with E-state index in [0.717, 1.165) is 12.4 Å². The van der Waals surface area contributed by atoms with E-state index in [0.29, 0.717) is 19.2 Å². The molecule has 2 heterocycles. The lowest BCUT2D eigenvalue weighted by Crippen LogP contribution is -2.44. The van der Waals surface area contributed by atoms with Crippen molar-refractivity contribution in [2.75, 3.05) is 38.3 Å². The average Bonchev–Trinajstić information content (AvgIpc) is 2.39. The Morgan fingerprint density at radius 1 is 1.69 bits per heavy atom. The van der Waals surface area contributed by atoms with E-state index in [4.69, 9.17) is 14.6 Å². The first kappa shape index (κ1) is 11.1. The first-order valence-corrected chi connectivity index (χ1v) is 5.18. The minimum absolute atomic E-state index is 0.0265. The molecule has 1 aliphatic heterocycles. The van der Waals surface area contributed by atoms with E-state index in [-0.39, 0.29) is 12.7 Å². The van der Waals surface area contributed by atoms with Gasteiger partial charge in [0, 0.05) is 19.3 Å². The van der Waals surface area contributed by atoms with Gasteiger partial charge in [-0.25, -0.2) is 4.98 Å². The molecule has 2 rings (SSSR count). The Balaban J connectivity index is 2.10. The predicted octanol–water partition coefficient (Wildman–Crippen LogP) is -0.317. The number of rotatable bonds is 3. The second kappa shape index (κ2) is 5.09. The normalized spacial score (nSPS) is 20.9. The van der Waals surface area contributed by atoms with Gasteiger partial charge in [0.15, 0.2) is 0 Å². The number of methoxy groups -OCH3 is 1. The van der Waals surface area contributed by atoms with Gasteiger partial charge in [0.25, 0.3) is 0 Å². The summed E-state index contributed by atoms with van der Waals surface area (Å²) < 4.78 is 10.3. The molecule has 0 aliphatic carbocycles. The molecule has 0 aromatic carbocycles. The Labute approximate surface area is 93.8 Å². The third-order valence-electron chi connectivity index (χ3n) is 2.47. The van der Waals surface area contributed by atoms with Crippen LogP contribution in [0, 0.1) is 0 Å². The van der Waals surface area contributed by atoms with Crippen LogP contribution in [-0.2, 0) is 4.74 Å². The van der Waals surface area contributed by atoms with Crippen LogP contribution in [0.15, 0.2) is 12.3 Å². The number of anilines is 1. The van der Waals surface area contributed by atoms with Crippen molar-refractivity contribution in [1.82, 2.24) is 9.97 Å². The van der Waals surface area contributed by atoms with E-state index in [1.165, 1.54) is 7.11 Å². The van der Waals surface area contributed by atoms with Crippen LogP contribution >= 0.6 is 0 Å². The fourth-order valence-corrected chi connectivity index (χ4v) is 1.64. The molecule has 0 spiro atoms. The van der Waals surface area contributed by atoms with Gasteiger partial charge in [0.05, 0.1) is 26.4 Å². The number of hydrogen-bond donors (Lipinski definition) is 1. The van der Waals surface area contributed by atoms with Gasteiger partial charge in [-0.05, 0) is 6.07 Å². The van der Waals surface area contributed by atoms with Crippen LogP contribution in [0.3, 0.4) is 0 Å². The molecular weight excluding hydrogens is 210 g/mol. The summed E-state index contributed by atoms with van der Waals surface area (Å²) in [6.45, 7) is 2.02. The highest BCUT2D eigenvalue weighted by atomic mass is 16.5. The maximum atomic E-state index is 9.05. The highest BCUT2D eigenvalue weighted by Crippen LogP contribution is 2.16. The van der Waals surface area contributed by atoms with Crippen LogP contribution in [0.1, 0.15) is 0 Å². The van der Waals surface area contributed by atoms with Crippen molar-refractivity contribution >= 4 is 5.82 Å². The number of aromatic nitrogens is 2. The number of aliphatic hydroxyl groups is 1. The maximum Gasteiger partial charge on any atom is 0.318 e. The molecule has 0 bridgehead atoms. The molecule has 1 N–H and O–H groups in total. The van der Waals surface area contributed by atoms with Crippen molar-refractivity contribution < 1.29 is 14.6 Å². The molecular formula is C10H15N3O3. The van der Waals surface area contributed by atoms with E-state index >= 15 is 0 Å². The molecule has 1 aliphatic rings. The zero-order valence-corrected chi connectivity index (χ0v) is 9.17. The topological polar surface area (TPSA) is 67.7 Å². The molecule has 1 saturated heterocycles. The van der Waals surface area contributed by atoms with Gasteiger partial charge >= 0.3 is 6.01 Å². The quantitative estimate of drug-likeness (QED) is 0.760. The van der Waals surface area contributed by atoms with E-state index in [1.807, 2.05) is 6.07 Å². The number of hydrogen-bond acceptors (Lipinski definition) is 6. The summed E-state index contributed by atoms with van der Waals surface area (Å²) in [5, 5.41) is 9.05. The summed E-state index contributed by atoms with van der Waals surface area (Å²) >= 11 is 0. The smallest absolute Gasteiger partial charge is 0.318 e. The van der Waals surface area contributed by atoms with Gasteiger partial charge in [0.2, 0.25) is 0 Å². The number of morpholine rings is 1. The lowest BCUT2D eigenvalue weighted by Gasteiger charge is -2.32. The Hall–Kier alpha value is -1.40. The van der Waals surface area contributed by atoms with Crippen molar-refractivity contribution in [2.24, 2.45) is 0 Å². The number of nitrogens with zero attached hydrogens (tertiary/aromatic N) is 3. The standard InChI is InChI=1S/C10H15N3O3/c1-15-10-11-3-2-9(12-10)13-4-5-16-8(6-13)7-14/h2-3,8,14H,4-7H2,1H3/t8-/m1/s1. The molecule has 0 saturated carbocycles. The Kier molecular flexibility index (Phi) is 3.53. The summed E-state index contributed by atoms with van der Waals surface area (Å²) in [6, 6.07) is 2.17. The first-order chi connectivity index (χ1) is 7.83. The van der Waals surface area contributed by atoms with Crippen LogP contribution in [-0.4, -0.2) is 54.6 Å². The lowest BCUT2D eigenvalue weighted by atomic mass is 10.3. The molecule has 0 unspecified atom stereocenters. The summed E-state index contributed by atoms with van der Waals surface area (Å²) in [4.78, 5) is 10.2. The molecule has 0 radical (unpaired) electrons. The summed E-state index contributed by atoms with van der Waals surface area (Å²) in [5.41, 5.74) is 0. The number of aliphatic hydroxyl groups excluding tert-OH is 1. The van der Waals surface area contributed by atoms with Gasteiger partial charge in [-0.1, -0.05) is 0 Å². The Bertz CT molecular complexity index is 348. The van der Waals surface area contributed by atoms with Crippen LogP contribution < -0.4 is 9.64 Å². The minimum atomic E-state index is -0.144. The van der Waals surface area contributed by atoms with Gasteiger partial charge < -0.3 is 19.5 Å². The van der Waals surface area contributed by atoms with Gasteiger partial charge in [-0.2, -0.15) is 4.98 Å². The molecule has 6 nitrogen and oxygen atoms in total. The van der Waals surface area contributed by atoms with Gasteiger partial charge in [-0.15, -0.1) is 0 Å². The van der Waals surface area contributed by atoms with Crippen molar-refractivity contribution in [3.8, 4) is 6.01 Å². The van der Waals surface area contributed by atoms with Crippen LogP contribution in [0.25, 0.3) is 0 Å². The van der Waals surface area contributed by atoms with E-state index in [9.17, 15) is 0 Å². The maximum absolute atomic E-state index is 9.05. The Morgan fingerprint density at radius 2 is 2.56 bits per heavy atom. The monoisotopic (exact) mass is 225 g/mol. The lowest BCUT2D eigenvalue weighted by molar-refractivity contribution is 0.00333. The van der Waals surface area contributed by atoms with Crippen molar-refractivity contribution in [2.45, 2.75) is 6.10 Å². The zero-order valence-electron chi connectivity index (χ0n) is 9.17. The van der Waals surface area contributed by atoms with Crippen LogP contribution in [0.5, 0.6) is 6.01 Å². The highest BCUT2D eigenvalue weighted by Gasteiger charge is 2.21. The fraction of sp³-hybridized carbons (Fsp3) is 0.600. The van der Waals surface area contributed by atoms with E-state index in [1.54, 1.807) is 6.20 Å². The molecule has 1 aromatic heterocycles. The fourth-order valence-electron chi connectivity index (χ4n) is 1.64. The Morgan fingerprint density at radius 3 is 3.31 bits per heavy atom. The third kappa shape index (κ3) is 2.40. The van der Waals surface area contributed by atoms with E-state index < -0.39 is 0 Å². The second-order valence-corrected chi connectivity index (χ2v) is 3.52. The van der Waals surface area contributed by atoms with Gasteiger partial charge in [0.1, 0.15) is 5.82 Å². The first-order valence-electron chi connectivity index (χ1n) is 5.18. The predicted molar refractivity (Wildman–Crippen MR) is 57.6 cm³/mol. The van der Waals surface area contributed by atoms with Crippen LogP contribution in [0.2, 0.25) is 0 Å². The number of ether oxygens (including phenoxy) is 2. The summed E-state index contributed by atoms with van der Waals surface area (Å²) in [6.07, 6.45) is 1.51. The molecule has 88 valence electrons. The average molecular weight is 225 g/mol. The summed E-state index contributed by atoms with van der Waals surface area (Å²) in [5.74, 6) is 0.800. The highest BCUT2D eigenvalue weighted by molar-refractivity contribution is 5.38. The molecule has 1 aromatic rings. The largest absolute Gasteiger partial charge is 0.467 e.